The van der Waals surface area contributed by atoms with Crippen LogP contribution in [0.25, 0.3) is 0 Å². The van der Waals surface area contributed by atoms with Crippen molar-refractivity contribution in [2.75, 3.05) is 32.7 Å². The maximum absolute atomic E-state index is 12.7. The molecule has 2 N–H and O–H groups in total. The second-order valence-corrected chi connectivity index (χ2v) is 9.30. The molecule has 1 atom stereocenters. The lowest BCUT2D eigenvalue weighted by molar-refractivity contribution is 0.0951. The number of hydrogen-bond acceptors (Lipinski definition) is 5. The predicted octanol–water partition coefficient (Wildman–Crippen LogP) is 1.65. The van der Waals surface area contributed by atoms with Crippen molar-refractivity contribution in [2.45, 2.75) is 37.0 Å². The zero-order valence-electron chi connectivity index (χ0n) is 13.8. The van der Waals surface area contributed by atoms with Crippen LogP contribution in [0.15, 0.2) is 16.3 Å². The van der Waals surface area contributed by atoms with Crippen LogP contribution < -0.4 is 10.6 Å². The maximum Gasteiger partial charge on any atom is 0.262 e. The molecular weight excluding hydrogens is 346 g/mol. The van der Waals surface area contributed by atoms with Gasteiger partial charge in [0.15, 0.2) is 0 Å². The minimum Gasteiger partial charge on any atom is -0.351 e. The van der Waals surface area contributed by atoms with Gasteiger partial charge in [0.05, 0.1) is 0 Å². The number of carbonyl (C=O) groups is 1. The van der Waals surface area contributed by atoms with Crippen molar-refractivity contribution in [2.24, 2.45) is 5.92 Å². The molecule has 0 aliphatic carbocycles. The Bertz CT molecular complexity index is 660. The number of rotatable bonds is 6. The third kappa shape index (κ3) is 3.99. The van der Waals surface area contributed by atoms with Crippen LogP contribution in [0.2, 0.25) is 0 Å². The van der Waals surface area contributed by atoms with Gasteiger partial charge in [0.1, 0.15) is 9.77 Å². The topological polar surface area (TPSA) is 78.5 Å². The van der Waals surface area contributed by atoms with Gasteiger partial charge in [0.25, 0.3) is 5.91 Å². The summed E-state index contributed by atoms with van der Waals surface area (Å²) in [5.41, 5.74) is 0. The third-order valence-electron chi connectivity index (χ3n) is 4.76. The van der Waals surface area contributed by atoms with E-state index < -0.39 is 10.0 Å². The number of thiophene rings is 1. The van der Waals surface area contributed by atoms with Crippen LogP contribution in [0.1, 0.15) is 41.8 Å². The first-order valence-corrected chi connectivity index (χ1v) is 11.0. The van der Waals surface area contributed by atoms with Gasteiger partial charge in [-0.05, 0) is 62.6 Å². The highest BCUT2D eigenvalue weighted by molar-refractivity contribution is 7.89. The summed E-state index contributed by atoms with van der Waals surface area (Å²) in [6.07, 6.45) is 5.08. The Labute approximate surface area is 147 Å². The Morgan fingerprint density at radius 3 is 2.83 bits per heavy atom. The van der Waals surface area contributed by atoms with E-state index in [1.54, 1.807) is 11.4 Å². The average Bonchev–Trinajstić information content (AvgIpc) is 3.28. The van der Waals surface area contributed by atoms with E-state index in [1.807, 2.05) is 0 Å². The molecule has 8 heteroatoms. The SMILES string of the molecule is O=C(NCCC1CCCNC1)c1sccc1S(=O)(=O)N1CCCC1. The fourth-order valence-corrected chi connectivity index (χ4v) is 6.21. The number of amides is 1. The molecule has 1 aromatic rings. The van der Waals surface area contributed by atoms with Crippen molar-refractivity contribution in [3.63, 3.8) is 0 Å². The van der Waals surface area contributed by atoms with E-state index in [4.69, 9.17) is 0 Å². The van der Waals surface area contributed by atoms with Crippen LogP contribution in [0.3, 0.4) is 0 Å². The Morgan fingerprint density at radius 2 is 2.12 bits per heavy atom. The Morgan fingerprint density at radius 1 is 1.33 bits per heavy atom. The van der Waals surface area contributed by atoms with Crippen molar-refractivity contribution >= 4 is 27.3 Å². The molecule has 2 aliphatic rings. The monoisotopic (exact) mass is 371 g/mol. The maximum atomic E-state index is 12.7. The molecule has 0 saturated carbocycles. The zero-order valence-corrected chi connectivity index (χ0v) is 15.4. The van der Waals surface area contributed by atoms with Crippen LogP contribution in [0.4, 0.5) is 0 Å². The summed E-state index contributed by atoms with van der Waals surface area (Å²) >= 11 is 1.20. The molecule has 1 aromatic heterocycles. The van der Waals surface area contributed by atoms with Gasteiger partial charge in [-0.25, -0.2) is 8.42 Å². The van der Waals surface area contributed by atoms with E-state index in [9.17, 15) is 13.2 Å². The van der Waals surface area contributed by atoms with Gasteiger partial charge < -0.3 is 10.6 Å². The number of piperidine rings is 1. The minimum absolute atomic E-state index is 0.159. The van der Waals surface area contributed by atoms with E-state index in [0.29, 0.717) is 30.4 Å². The second-order valence-electron chi connectivity index (χ2n) is 6.48. The molecule has 0 radical (unpaired) electrons. The van der Waals surface area contributed by atoms with E-state index in [-0.39, 0.29) is 10.8 Å². The number of sulfonamides is 1. The summed E-state index contributed by atoms with van der Waals surface area (Å²) in [6.45, 7) is 3.77. The lowest BCUT2D eigenvalue weighted by atomic mass is 9.96. The van der Waals surface area contributed by atoms with Crippen molar-refractivity contribution in [3.05, 3.63) is 16.3 Å². The van der Waals surface area contributed by atoms with E-state index in [0.717, 1.165) is 32.4 Å². The fraction of sp³-hybridized carbons (Fsp3) is 0.688. The minimum atomic E-state index is -3.54. The summed E-state index contributed by atoms with van der Waals surface area (Å²) in [5.74, 6) is 0.321. The first kappa shape index (κ1) is 17.8. The Kier molecular flexibility index (Phi) is 5.91. The standard InChI is InChI=1S/C16H25N3O3S2/c20-16(18-8-5-13-4-3-7-17-12-13)15-14(6-11-23-15)24(21,22)19-9-1-2-10-19/h6,11,13,17H,1-5,7-10,12H2,(H,18,20). The van der Waals surface area contributed by atoms with Gasteiger partial charge >= 0.3 is 0 Å². The largest absolute Gasteiger partial charge is 0.351 e. The molecule has 2 fully saturated rings. The Balaban J connectivity index is 1.60. The molecule has 1 unspecified atom stereocenters. The number of nitrogens with zero attached hydrogens (tertiary/aromatic N) is 1. The highest BCUT2D eigenvalue weighted by atomic mass is 32.2. The zero-order chi connectivity index (χ0) is 17.0. The predicted molar refractivity (Wildman–Crippen MR) is 94.9 cm³/mol. The lowest BCUT2D eigenvalue weighted by Crippen LogP contribution is -2.34. The quantitative estimate of drug-likeness (QED) is 0.797. The molecule has 0 aromatic carbocycles. The first-order chi connectivity index (χ1) is 11.6. The van der Waals surface area contributed by atoms with Gasteiger partial charge in [-0.15, -0.1) is 11.3 Å². The Hall–Kier alpha value is -0.960. The summed E-state index contributed by atoms with van der Waals surface area (Å²) < 4.78 is 26.9. The molecule has 0 spiro atoms. The van der Waals surface area contributed by atoms with Gasteiger partial charge in [-0.1, -0.05) is 0 Å². The highest BCUT2D eigenvalue weighted by Gasteiger charge is 2.31. The molecule has 3 heterocycles. The summed E-state index contributed by atoms with van der Waals surface area (Å²) in [4.78, 5) is 12.9. The van der Waals surface area contributed by atoms with Crippen LogP contribution in [-0.2, 0) is 10.0 Å². The van der Waals surface area contributed by atoms with Crippen LogP contribution >= 0.6 is 11.3 Å². The van der Waals surface area contributed by atoms with Gasteiger partial charge in [-0.2, -0.15) is 4.31 Å². The van der Waals surface area contributed by atoms with Crippen molar-refractivity contribution < 1.29 is 13.2 Å². The molecule has 24 heavy (non-hydrogen) atoms. The molecule has 134 valence electrons. The number of hydrogen-bond donors (Lipinski definition) is 2. The summed E-state index contributed by atoms with van der Waals surface area (Å²) in [5, 5.41) is 7.94. The van der Waals surface area contributed by atoms with Crippen molar-refractivity contribution in [3.8, 4) is 0 Å². The van der Waals surface area contributed by atoms with Crippen LogP contribution in [-0.4, -0.2) is 51.4 Å². The molecule has 2 saturated heterocycles. The van der Waals surface area contributed by atoms with Crippen molar-refractivity contribution in [1.29, 1.82) is 0 Å². The number of nitrogens with one attached hydrogen (secondary N) is 2. The molecular formula is C16H25N3O3S2. The average molecular weight is 372 g/mol. The summed E-state index contributed by atoms with van der Waals surface area (Å²) in [7, 11) is -3.54. The molecule has 1 amide bonds. The highest BCUT2D eigenvalue weighted by Crippen LogP contribution is 2.27. The van der Waals surface area contributed by atoms with Gasteiger partial charge in [0.2, 0.25) is 10.0 Å². The van der Waals surface area contributed by atoms with Crippen molar-refractivity contribution in [1.82, 2.24) is 14.9 Å². The number of carbonyl (C=O) groups excluding carboxylic acids is 1. The lowest BCUT2D eigenvalue weighted by Gasteiger charge is -2.22. The van der Waals surface area contributed by atoms with Gasteiger partial charge in [0, 0.05) is 19.6 Å². The third-order valence-corrected chi connectivity index (χ3v) is 7.74. The van der Waals surface area contributed by atoms with Gasteiger partial charge in [-0.3, -0.25) is 4.79 Å². The van der Waals surface area contributed by atoms with E-state index >= 15 is 0 Å². The van der Waals surface area contributed by atoms with E-state index in [1.165, 1.54) is 28.5 Å². The second kappa shape index (κ2) is 7.95. The molecule has 3 rings (SSSR count). The smallest absolute Gasteiger partial charge is 0.262 e. The van der Waals surface area contributed by atoms with Crippen LogP contribution in [0, 0.1) is 5.92 Å². The normalized spacial score (nSPS) is 22.6. The molecule has 0 bridgehead atoms. The van der Waals surface area contributed by atoms with Crippen LogP contribution in [0.5, 0.6) is 0 Å². The molecule has 2 aliphatic heterocycles. The first-order valence-electron chi connectivity index (χ1n) is 8.65. The van der Waals surface area contributed by atoms with E-state index in [2.05, 4.69) is 10.6 Å². The molecule has 6 nitrogen and oxygen atoms in total. The fourth-order valence-electron chi connectivity index (χ4n) is 3.37. The summed E-state index contributed by atoms with van der Waals surface area (Å²) in [6, 6.07) is 1.55.